The first-order valence-corrected chi connectivity index (χ1v) is 6.44. The molecule has 0 amide bonds. The van der Waals surface area contributed by atoms with Crippen LogP contribution in [0.3, 0.4) is 0 Å². The molecule has 0 radical (unpaired) electrons. The largest absolute Gasteiger partial charge is 0.418 e. The Morgan fingerprint density at radius 1 is 1.14 bits per heavy atom. The SMILES string of the molecule is Cc1ccnc(NC(=S)Nc2ccccc2C(F)(F)F)c1. The summed E-state index contributed by atoms with van der Waals surface area (Å²) >= 11 is 5.01. The fourth-order valence-electron chi connectivity index (χ4n) is 1.71. The number of halogens is 3. The molecule has 2 rings (SSSR count). The fourth-order valence-corrected chi connectivity index (χ4v) is 1.93. The Bertz CT molecular complexity index is 656. The molecule has 0 aliphatic carbocycles. The van der Waals surface area contributed by atoms with Gasteiger partial charge in [0.1, 0.15) is 5.82 Å². The van der Waals surface area contributed by atoms with Crippen LogP contribution in [0.5, 0.6) is 0 Å². The van der Waals surface area contributed by atoms with Crippen molar-refractivity contribution in [3.8, 4) is 0 Å². The molecule has 110 valence electrons. The number of benzene rings is 1. The minimum atomic E-state index is -4.44. The van der Waals surface area contributed by atoms with Gasteiger partial charge < -0.3 is 10.6 Å². The lowest BCUT2D eigenvalue weighted by Crippen LogP contribution is -2.22. The second kappa shape index (κ2) is 6.09. The lowest BCUT2D eigenvalue weighted by atomic mass is 10.1. The second-order valence-corrected chi connectivity index (χ2v) is 4.75. The maximum absolute atomic E-state index is 12.9. The maximum atomic E-state index is 12.9. The molecule has 2 N–H and O–H groups in total. The van der Waals surface area contributed by atoms with Crippen LogP contribution in [0.25, 0.3) is 0 Å². The molecule has 0 atom stereocenters. The van der Waals surface area contributed by atoms with Crippen LogP contribution in [0.2, 0.25) is 0 Å². The van der Waals surface area contributed by atoms with Gasteiger partial charge in [-0.25, -0.2) is 4.98 Å². The molecule has 1 aromatic heterocycles. The van der Waals surface area contributed by atoms with Gasteiger partial charge in [0, 0.05) is 6.20 Å². The Hall–Kier alpha value is -2.15. The van der Waals surface area contributed by atoms with Crippen molar-refractivity contribution in [1.29, 1.82) is 0 Å². The van der Waals surface area contributed by atoms with Gasteiger partial charge in [0.2, 0.25) is 0 Å². The van der Waals surface area contributed by atoms with E-state index in [0.29, 0.717) is 5.82 Å². The summed E-state index contributed by atoms with van der Waals surface area (Å²) in [5, 5.41) is 5.34. The Labute approximate surface area is 125 Å². The van der Waals surface area contributed by atoms with Gasteiger partial charge in [0.25, 0.3) is 0 Å². The van der Waals surface area contributed by atoms with Crippen molar-refractivity contribution in [2.75, 3.05) is 10.6 Å². The number of nitrogens with one attached hydrogen (secondary N) is 2. The molecule has 21 heavy (non-hydrogen) atoms. The van der Waals surface area contributed by atoms with Crippen LogP contribution in [0.4, 0.5) is 24.7 Å². The third-order valence-corrected chi connectivity index (χ3v) is 2.84. The van der Waals surface area contributed by atoms with E-state index < -0.39 is 11.7 Å². The summed E-state index contributed by atoms with van der Waals surface area (Å²) in [5.41, 5.74) is 0.0903. The molecule has 0 aliphatic rings. The van der Waals surface area contributed by atoms with Crippen molar-refractivity contribution in [1.82, 2.24) is 4.98 Å². The van der Waals surface area contributed by atoms with Crippen LogP contribution in [0.1, 0.15) is 11.1 Å². The summed E-state index contributed by atoms with van der Waals surface area (Å²) in [6.45, 7) is 1.88. The first-order valence-electron chi connectivity index (χ1n) is 6.03. The maximum Gasteiger partial charge on any atom is 0.418 e. The fraction of sp³-hybridized carbons (Fsp3) is 0.143. The number of para-hydroxylation sites is 1. The summed E-state index contributed by atoms with van der Waals surface area (Å²) in [4.78, 5) is 4.03. The van der Waals surface area contributed by atoms with Crippen molar-refractivity contribution >= 4 is 28.8 Å². The number of aromatic nitrogens is 1. The van der Waals surface area contributed by atoms with E-state index in [-0.39, 0.29) is 10.8 Å². The summed E-state index contributed by atoms with van der Waals surface area (Å²) < 4.78 is 38.6. The highest BCUT2D eigenvalue weighted by atomic mass is 32.1. The third-order valence-electron chi connectivity index (χ3n) is 2.64. The molecular formula is C14H12F3N3S. The zero-order chi connectivity index (χ0) is 15.5. The van der Waals surface area contributed by atoms with Gasteiger partial charge in [-0.15, -0.1) is 0 Å². The number of alkyl halides is 3. The van der Waals surface area contributed by atoms with E-state index in [4.69, 9.17) is 12.2 Å². The van der Waals surface area contributed by atoms with Gasteiger partial charge >= 0.3 is 6.18 Å². The highest BCUT2D eigenvalue weighted by Gasteiger charge is 2.33. The molecule has 0 fully saturated rings. The van der Waals surface area contributed by atoms with Crippen molar-refractivity contribution in [3.05, 3.63) is 53.7 Å². The average Bonchev–Trinajstić information content (AvgIpc) is 2.37. The van der Waals surface area contributed by atoms with Crippen LogP contribution < -0.4 is 10.6 Å². The van der Waals surface area contributed by atoms with Crippen molar-refractivity contribution < 1.29 is 13.2 Å². The van der Waals surface area contributed by atoms with E-state index in [1.807, 2.05) is 6.92 Å². The molecular weight excluding hydrogens is 299 g/mol. The molecule has 3 nitrogen and oxygen atoms in total. The van der Waals surface area contributed by atoms with Gasteiger partial charge in [-0.2, -0.15) is 13.2 Å². The molecule has 0 unspecified atom stereocenters. The van der Waals surface area contributed by atoms with Gasteiger partial charge in [0.05, 0.1) is 11.3 Å². The predicted octanol–water partition coefficient (Wildman–Crippen LogP) is 4.22. The zero-order valence-corrected chi connectivity index (χ0v) is 11.8. The Morgan fingerprint density at radius 2 is 1.86 bits per heavy atom. The standard InChI is InChI=1S/C14H12F3N3S/c1-9-6-7-18-12(8-9)20-13(21)19-11-5-3-2-4-10(11)14(15,16)17/h2-8H,1H3,(H2,18,19,20,21). The minimum Gasteiger partial charge on any atom is -0.332 e. The number of hydrogen-bond donors (Lipinski definition) is 2. The number of thiocarbonyl (C=S) groups is 1. The molecule has 1 heterocycles. The van der Waals surface area contributed by atoms with Gasteiger partial charge in [-0.1, -0.05) is 12.1 Å². The molecule has 1 aromatic carbocycles. The van der Waals surface area contributed by atoms with Crippen LogP contribution in [0, 0.1) is 6.92 Å². The van der Waals surface area contributed by atoms with Gasteiger partial charge in [-0.05, 0) is 49.0 Å². The number of pyridine rings is 1. The Kier molecular flexibility index (Phi) is 4.42. The summed E-state index contributed by atoms with van der Waals surface area (Å²) in [5.74, 6) is 0.469. The Balaban J connectivity index is 2.14. The molecule has 0 saturated carbocycles. The lowest BCUT2D eigenvalue weighted by Gasteiger charge is -2.15. The number of hydrogen-bond acceptors (Lipinski definition) is 2. The Morgan fingerprint density at radius 3 is 2.52 bits per heavy atom. The number of anilines is 2. The lowest BCUT2D eigenvalue weighted by molar-refractivity contribution is -0.136. The first kappa shape index (κ1) is 15.2. The number of rotatable bonds is 2. The van der Waals surface area contributed by atoms with E-state index in [2.05, 4.69) is 15.6 Å². The first-order chi connectivity index (χ1) is 9.86. The van der Waals surface area contributed by atoms with E-state index in [9.17, 15) is 13.2 Å². The highest BCUT2D eigenvalue weighted by Crippen LogP contribution is 2.34. The highest BCUT2D eigenvalue weighted by molar-refractivity contribution is 7.80. The molecule has 0 bridgehead atoms. The van der Waals surface area contributed by atoms with Crippen LogP contribution >= 0.6 is 12.2 Å². The topological polar surface area (TPSA) is 37.0 Å². The molecule has 0 saturated heterocycles. The number of aryl methyl sites for hydroxylation is 1. The van der Waals surface area contributed by atoms with E-state index in [0.717, 1.165) is 11.6 Å². The molecule has 0 spiro atoms. The average molecular weight is 311 g/mol. The second-order valence-electron chi connectivity index (χ2n) is 4.34. The van der Waals surface area contributed by atoms with Crippen molar-refractivity contribution in [2.24, 2.45) is 0 Å². The van der Waals surface area contributed by atoms with E-state index in [1.165, 1.54) is 18.2 Å². The van der Waals surface area contributed by atoms with Crippen molar-refractivity contribution in [2.45, 2.75) is 13.1 Å². The molecule has 2 aromatic rings. The zero-order valence-electron chi connectivity index (χ0n) is 11.0. The minimum absolute atomic E-state index is 0.0461. The predicted molar refractivity (Wildman–Crippen MR) is 80.3 cm³/mol. The third kappa shape index (κ3) is 4.16. The smallest absolute Gasteiger partial charge is 0.332 e. The van der Waals surface area contributed by atoms with E-state index >= 15 is 0 Å². The number of nitrogens with zero attached hydrogens (tertiary/aromatic N) is 1. The quantitative estimate of drug-likeness (QED) is 0.814. The van der Waals surface area contributed by atoms with Crippen LogP contribution in [-0.4, -0.2) is 10.1 Å². The van der Waals surface area contributed by atoms with Crippen LogP contribution in [0.15, 0.2) is 42.6 Å². The normalized spacial score (nSPS) is 11.0. The molecule has 7 heteroatoms. The van der Waals surface area contributed by atoms with Gasteiger partial charge in [-0.3, -0.25) is 0 Å². The van der Waals surface area contributed by atoms with Gasteiger partial charge in [0.15, 0.2) is 5.11 Å². The summed E-state index contributed by atoms with van der Waals surface area (Å²) in [7, 11) is 0. The molecule has 0 aliphatic heterocycles. The monoisotopic (exact) mass is 311 g/mol. The van der Waals surface area contributed by atoms with Crippen LogP contribution in [-0.2, 0) is 6.18 Å². The summed E-state index contributed by atoms with van der Waals surface area (Å²) in [6.07, 6.45) is -2.86. The van der Waals surface area contributed by atoms with Crippen molar-refractivity contribution in [3.63, 3.8) is 0 Å². The summed E-state index contributed by atoms with van der Waals surface area (Å²) in [6, 6.07) is 8.69. The van der Waals surface area contributed by atoms with E-state index in [1.54, 1.807) is 18.3 Å².